The number of unbranched alkanes of at least 4 members (excludes halogenated alkanes) is 14. The highest BCUT2D eigenvalue weighted by Crippen LogP contribution is 2.40. The number of hydrogen-bond acceptors (Lipinski definition) is 10. The molecule has 50 heavy (non-hydrogen) atoms. The van der Waals surface area contributed by atoms with Crippen LogP contribution >= 0.6 is 0 Å². The summed E-state index contributed by atoms with van der Waals surface area (Å²) in [5.74, 6) is -1.23. The number of cyclic esters (lactones) is 1. The van der Waals surface area contributed by atoms with Crippen LogP contribution in [-0.4, -0.2) is 88.0 Å². The van der Waals surface area contributed by atoms with E-state index in [0.717, 1.165) is 51.4 Å². The van der Waals surface area contributed by atoms with Gasteiger partial charge in [0.25, 0.3) is 0 Å². The zero-order valence-corrected chi connectivity index (χ0v) is 31.1. The minimum atomic E-state index is -1.61. The Morgan fingerprint density at radius 1 is 0.760 bits per heavy atom. The van der Waals surface area contributed by atoms with Gasteiger partial charge in [0, 0.05) is 25.2 Å². The van der Waals surface area contributed by atoms with Crippen LogP contribution in [-0.2, 0) is 28.5 Å². The van der Waals surface area contributed by atoms with E-state index >= 15 is 0 Å². The maximum Gasteiger partial charge on any atom is 0.306 e. The van der Waals surface area contributed by atoms with Gasteiger partial charge in [-0.3, -0.25) is 9.59 Å². The lowest BCUT2D eigenvalue weighted by atomic mass is 9.71. The van der Waals surface area contributed by atoms with Crippen LogP contribution in [0.3, 0.4) is 0 Å². The second-order valence-electron chi connectivity index (χ2n) is 15.0. The summed E-state index contributed by atoms with van der Waals surface area (Å²) in [5.41, 5.74) is 0. The summed E-state index contributed by atoms with van der Waals surface area (Å²) in [5, 5.41) is 43.6. The van der Waals surface area contributed by atoms with Crippen LogP contribution in [0.15, 0.2) is 12.2 Å². The first-order chi connectivity index (χ1) is 24.3. The highest BCUT2D eigenvalue weighted by molar-refractivity contribution is 5.69. The normalized spacial score (nSPS) is 32.4. The number of ether oxygens (including phenoxy) is 4. The van der Waals surface area contributed by atoms with Crippen molar-refractivity contribution in [3.63, 3.8) is 0 Å². The van der Waals surface area contributed by atoms with Crippen molar-refractivity contribution >= 4 is 11.9 Å². The Labute approximate surface area is 301 Å². The topological polar surface area (TPSA) is 152 Å². The molecule has 4 N–H and O–H groups in total. The molecule has 3 aliphatic rings. The fourth-order valence-corrected chi connectivity index (χ4v) is 7.72. The lowest BCUT2D eigenvalue weighted by molar-refractivity contribution is -0.324. The Morgan fingerprint density at radius 2 is 1.36 bits per heavy atom. The predicted octanol–water partition coefficient (Wildman–Crippen LogP) is 6.82. The second-order valence-corrected chi connectivity index (χ2v) is 15.0. The van der Waals surface area contributed by atoms with E-state index in [1.54, 1.807) is 0 Å². The predicted molar refractivity (Wildman–Crippen MR) is 192 cm³/mol. The van der Waals surface area contributed by atoms with Crippen LogP contribution in [0, 0.1) is 11.8 Å². The molecular formula is C40H70O10. The molecule has 3 rings (SSSR count). The number of carbonyl (C=O) groups excluding carboxylic acids is 2. The number of hydrogen-bond donors (Lipinski definition) is 4. The fraction of sp³-hybridized carbons (Fsp3) is 0.900. The Balaban J connectivity index is 1.65. The molecule has 10 heteroatoms. The Morgan fingerprint density at radius 3 is 2.02 bits per heavy atom. The minimum absolute atomic E-state index is 0.155. The van der Waals surface area contributed by atoms with Gasteiger partial charge in [-0.15, -0.1) is 0 Å². The van der Waals surface area contributed by atoms with Crippen LogP contribution in [0.1, 0.15) is 162 Å². The highest BCUT2D eigenvalue weighted by Gasteiger charge is 2.50. The number of allylic oxidation sites excluding steroid dienone is 1. The fourth-order valence-electron chi connectivity index (χ4n) is 7.72. The molecule has 290 valence electrons. The monoisotopic (exact) mass is 710 g/mol. The third-order valence-electron chi connectivity index (χ3n) is 10.8. The lowest BCUT2D eigenvalue weighted by Crippen LogP contribution is -2.61. The third kappa shape index (κ3) is 14.8. The van der Waals surface area contributed by atoms with Crippen molar-refractivity contribution in [2.45, 2.75) is 211 Å². The van der Waals surface area contributed by atoms with Gasteiger partial charge < -0.3 is 39.4 Å². The summed E-state index contributed by atoms with van der Waals surface area (Å²) < 4.78 is 23.7. The molecule has 1 saturated carbocycles. The summed E-state index contributed by atoms with van der Waals surface area (Å²) in [6.07, 6.45) is 16.9. The average Bonchev–Trinajstić information content (AvgIpc) is 3.10. The summed E-state index contributed by atoms with van der Waals surface area (Å²) in [6.45, 7) is 4.08. The number of esters is 2. The van der Waals surface area contributed by atoms with E-state index in [2.05, 4.69) is 13.8 Å². The number of aliphatic hydroxyl groups excluding tert-OH is 4. The Bertz CT molecular complexity index is 958. The maximum atomic E-state index is 13.4. The van der Waals surface area contributed by atoms with Gasteiger partial charge in [-0.1, -0.05) is 122 Å². The number of carbonyl (C=O) groups is 2. The molecule has 0 aromatic rings. The lowest BCUT2D eigenvalue weighted by Gasteiger charge is -2.47. The molecule has 1 saturated heterocycles. The van der Waals surface area contributed by atoms with Crippen molar-refractivity contribution < 1.29 is 49.0 Å². The third-order valence-corrected chi connectivity index (χ3v) is 10.8. The quantitative estimate of drug-likeness (QED) is 0.0638. The number of aliphatic hydroxyl groups is 4. The molecule has 10 atom stereocenters. The summed E-state index contributed by atoms with van der Waals surface area (Å²) >= 11 is 0. The first-order valence-electron chi connectivity index (χ1n) is 20.3. The summed E-state index contributed by atoms with van der Waals surface area (Å²) in [6, 6.07) is 0. The summed E-state index contributed by atoms with van der Waals surface area (Å²) in [4.78, 5) is 25.7. The molecule has 0 spiro atoms. The zero-order chi connectivity index (χ0) is 36.1. The van der Waals surface area contributed by atoms with Crippen LogP contribution in [0.4, 0.5) is 0 Å². The Hall–Kier alpha value is -1.56. The van der Waals surface area contributed by atoms with E-state index in [4.69, 9.17) is 18.9 Å². The van der Waals surface area contributed by atoms with Crippen LogP contribution in [0.5, 0.6) is 0 Å². The molecule has 4 bridgehead atoms. The van der Waals surface area contributed by atoms with E-state index in [1.807, 2.05) is 12.2 Å². The average molecular weight is 711 g/mol. The largest absolute Gasteiger partial charge is 0.463 e. The van der Waals surface area contributed by atoms with Crippen molar-refractivity contribution in [1.82, 2.24) is 0 Å². The van der Waals surface area contributed by atoms with Gasteiger partial charge in [0.1, 0.15) is 43.2 Å². The van der Waals surface area contributed by atoms with Crippen molar-refractivity contribution in [1.29, 1.82) is 0 Å². The highest BCUT2D eigenvalue weighted by atomic mass is 16.7. The van der Waals surface area contributed by atoms with E-state index in [0.29, 0.717) is 19.3 Å². The van der Waals surface area contributed by atoms with E-state index in [-0.39, 0.29) is 37.3 Å². The van der Waals surface area contributed by atoms with E-state index in [1.165, 1.54) is 64.2 Å². The second kappa shape index (κ2) is 24.6. The number of rotatable bonds is 19. The van der Waals surface area contributed by atoms with Crippen molar-refractivity contribution in [3.05, 3.63) is 12.2 Å². The SMILES string of the molecule is CCCCCCCCCCCCCCCC(=O)O[C@H]1[C@@H]2C=CCCCCC(=O)OC[C@@H]3O[C@@H](O[C@H]1C[C@@H](O)[C@H]2CCCCC)[C@H](O)[C@@H](O)[C@@H]3O. The van der Waals surface area contributed by atoms with Crippen molar-refractivity contribution in [3.8, 4) is 0 Å². The Kier molecular flexibility index (Phi) is 21.1. The molecule has 10 nitrogen and oxygen atoms in total. The first-order valence-corrected chi connectivity index (χ1v) is 20.3. The van der Waals surface area contributed by atoms with Crippen LogP contribution in [0.25, 0.3) is 0 Å². The molecule has 0 radical (unpaired) electrons. The molecule has 0 aromatic heterocycles. The smallest absolute Gasteiger partial charge is 0.306 e. The van der Waals surface area contributed by atoms with Gasteiger partial charge in [0.15, 0.2) is 6.29 Å². The molecule has 0 unspecified atom stereocenters. The molecule has 2 aliphatic heterocycles. The van der Waals surface area contributed by atoms with Gasteiger partial charge in [0.05, 0.1) is 6.10 Å². The molecule has 2 fully saturated rings. The van der Waals surface area contributed by atoms with Gasteiger partial charge in [-0.05, 0) is 38.0 Å². The van der Waals surface area contributed by atoms with Gasteiger partial charge >= 0.3 is 11.9 Å². The van der Waals surface area contributed by atoms with Gasteiger partial charge in [-0.25, -0.2) is 0 Å². The van der Waals surface area contributed by atoms with E-state index < -0.39 is 55.0 Å². The van der Waals surface area contributed by atoms with Crippen LogP contribution in [0.2, 0.25) is 0 Å². The molecular weight excluding hydrogens is 640 g/mol. The summed E-state index contributed by atoms with van der Waals surface area (Å²) in [7, 11) is 0. The standard InChI is InChI=1S/C40H70O10/c1-3-5-7-8-9-10-11-12-13-14-15-16-22-26-35(43)50-39-30-24-20-17-18-21-25-34(42)47-28-33-36(44)37(45)38(46)40(49-33)48-32(39)27-31(41)29(30)23-19-6-4-2/h20,24,29-33,36-41,44-46H,3-19,21-23,25-28H2,1-2H3/t29-,30+,31+,32-,33-,36+,37-,38+,39-,40+/m0/s1. The van der Waals surface area contributed by atoms with Gasteiger partial charge in [-0.2, -0.15) is 0 Å². The first kappa shape index (κ1) is 42.8. The number of fused-ring (bicyclic) bond motifs is 4. The van der Waals surface area contributed by atoms with Crippen molar-refractivity contribution in [2.75, 3.05) is 6.61 Å². The maximum absolute atomic E-state index is 13.4. The van der Waals surface area contributed by atoms with Gasteiger partial charge in [0.2, 0.25) is 0 Å². The molecule has 0 amide bonds. The minimum Gasteiger partial charge on any atom is -0.463 e. The zero-order valence-electron chi connectivity index (χ0n) is 31.1. The van der Waals surface area contributed by atoms with Crippen LogP contribution < -0.4 is 0 Å². The van der Waals surface area contributed by atoms with Crippen molar-refractivity contribution in [2.24, 2.45) is 11.8 Å². The molecule has 1 aliphatic carbocycles. The molecule has 2 heterocycles. The molecule has 0 aromatic carbocycles. The van der Waals surface area contributed by atoms with E-state index in [9.17, 15) is 30.0 Å².